The number of carbonyl (C=O) groups is 1. The number of hydrogen-bond acceptors (Lipinski definition) is 4. The lowest BCUT2D eigenvalue weighted by Gasteiger charge is -2.09. The van der Waals surface area contributed by atoms with E-state index in [-0.39, 0.29) is 5.91 Å². The van der Waals surface area contributed by atoms with Crippen molar-refractivity contribution in [1.29, 1.82) is 0 Å². The molecule has 1 amide bonds. The van der Waals surface area contributed by atoms with Gasteiger partial charge in [-0.3, -0.25) is 4.79 Å². The van der Waals surface area contributed by atoms with Crippen molar-refractivity contribution in [3.63, 3.8) is 0 Å². The van der Waals surface area contributed by atoms with Crippen LogP contribution in [0, 0.1) is 20.8 Å². The van der Waals surface area contributed by atoms with Gasteiger partial charge in [-0.05, 0) is 56.0 Å². The molecule has 3 aromatic rings. The Hall–Kier alpha value is -2.66. The van der Waals surface area contributed by atoms with Crippen molar-refractivity contribution < 1.29 is 4.79 Å². The number of aryl methyl sites for hydroxylation is 3. The van der Waals surface area contributed by atoms with E-state index >= 15 is 0 Å². The molecule has 27 heavy (non-hydrogen) atoms. The highest BCUT2D eigenvalue weighted by atomic mass is 32.1. The molecule has 1 heterocycles. The zero-order valence-electron chi connectivity index (χ0n) is 16.4. The minimum atomic E-state index is -0.125. The van der Waals surface area contributed by atoms with Crippen molar-refractivity contribution in [2.75, 3.05) is 10.6 Å². The standard InChI is InChI=1S/C22H25N3OS/c1-13(2)17-7-6-8-18(12-17)24-21(26)20-16(5)23-22(27-20)25-19-10-9-14(3)11-15(19)4/h6-13H,1-5H3,(H,23,25)(H,24,26). The minimum absolute atomic E-state index is 0.125. The molecule has 0 radical (unpaired) electrons. The SMILES string of the molecule is Cc1ccc(Nc2nc(C)c(C(=O)Nc3cccc(C(C)C)c3)s2)c(C)c1. The van der Waals surface area contributed by atoms with Gasteiger partial charge >= 0.3 is 0 Å². The molecular formula is C22H25N3OS. The van der Waals surface area contributed by atoms with E-state index in [1.807, 2.05) is 31.2 Å². The number of anilines is 3. The lowest BCUT2D eigenvalue weighted by atomic mass is 10.0. The number of aromatic nitrogens is 1. The number of nitrogens with zero attached hydrogens (tertiary/aromatic N) is 1. The van der Waals surface area contributed by atoms with E-state index in [0.29, 0.717) is 10.8 Å². The molecule has 0 unspecified atom stereocenters. The number of amides is 1. The number of thiazole rings is 1. The number of nitrogens with one attached hydrogen (secondary N) is 2. The Morgan fingerprint density at radius 3 is 2.56 bits per heavy atom. The van der Waals surface area contributed by atoms with Gasteiger partial charge in [-0.1, -0.05) is 55.0 Å². The Morgan fingerprint density at radius 2 is 1.85 bits per heavy atom. The molecule has 1 aromatic heterocycles. The second-order valence-corrected chi connectivity index (χ2v) is 8.11. The highest BCUT2D eigenvalue weighted by Gasteiger charge is 2.16. The van der Waals surface area contributed by atoms with Crippen molar-refractivity contribution in [3.05, 3.63) is 69.7 Å². The molecule has 2 N–H and O–H groups in total. The molecule has 0 saturated heterocycles. The predicted octanol–water partition coefficient (Wildman–Crippen LogP) is 6.19. The summed E-state index contributed by atoms with van der Waals surface area (Å²) in [6.07, 6.45) is 0. The summed E-state index contributed by atoms with van der Waals surface area (Å²) in [6.45, 7) is 10.3. The van der Waals surface area contributed by atoms with Crippen LogP contribution in [0.2, 0.25) is 0 Å². The summed E-state index contributed by atoms with van der Waals surface area (Å²) in [5, 5.41) is 7.05. The van der Waals surface area contributed by atoms with E-state index in [2.05, 4.69) is 61.5 Å². The summed E-state index contributed by atoms with van der Waals surface area (Å²) in [4.78, 5) is 17.9. The van der Waals surface area contributed by atoms with Crippen LogP contribution in [0.15, 0.2) is 42.5 Å². The van der Waals surface area contributed by atoms with Gasteiger partial charge in [0.1, 0.15) is 4.88 Å². The Kier molecular flexibility index (Phi) is 5.61. The third-order valence-electron chi connectivity index (χ3n) is 4.44. The quantitative estimate of drug-likeness (QED) is 0.556. The van der Waals surface area contributed by atoms with Crippen LogP contribution in [0.5, 0.6) is 0 Å². The third kappa shape index (κ3) is 4.55. The van der Waals surface area contributed by atoms with Crippen molar-refractivity contribution in [3.8, 4) is 0 Å². The number of benzene rings is 2. The van der Waals surface area contributed by atoms with Crippen LogP contribution in [0.25, 0.3) is 0 Å². The molecular weight excluding hydrogens is 354 g/mol. The van der Waals surface area contributed by atoms with Crippen LogP contribution in [0.1, 0.15) is 51.8 Å². The number of carbonyl (C=O) groups excluding carboxylic acids is 1. The molecule has 4 nitrogen and oxygen atoms in total. The average Bonchev–Trinajstić information content (AvgIpc) is 2.98. The second-order valence-electron chi connectivity index (χ2n) is 7.11. The van der Waals surface area contributed by atoms with Gasteiger partial charge in [0.15, 0.2) is 5.13 Å². The highest BCUT2D eigenvalue weighted by molar-refractivity contribution is 7.17. The largest absolute Gasteiger partial charge is 0.331 e. The summed E-state index contributed by atoms with van der Waals surface area (Å²) in [6, 6.07) is 14.2. The molecule has 5 heteroatoms. The summed E-state index contributed by atoms with van der Waals surface area (Å²) < 4.78 is 0. The zero-order chi connectivity index (χ0) is 19.6. The van der Waals surface area contributed by atoms with E-state index < -0.39 is 0 Å². The first-order valence-corrected chi connectivity index (χ1v) is 9.88. The number of hydrogen-bond donors (Lipinski definition) is 2. The molecule has 0 spiro atoms. The summed E-state index contributed by atoms with van der Waals surface area (Å²) in [5.74, 6) is 0.292. The maximum Gasteiger partial charge on any atom is 0.267 e. The van der Waals surface area contributed by atoms with E-state index in [1.165, 1.54) is 22.5 Å². The monoisotopic (exact) mass is 379 g/mol. The first kappa shape index (κ1) is 19.1. The zero-order valence-corrected chi connectivity index (χ0v) is 17.2. The van der Waals surface area contributed by atoms with Gasteiger partial charge in [-0.25, -0.2) is 4.98 Å². The van der Waals surface area contributed by atoms with Gasteiger partial charge in [0, 0.05) is 11.4 Å². The molecule has 0 aliphatic carbocycles. The van der Waals surface area contributed by atoms with Gasteiger partial charge in [-0.15, -0.1) is 0 Å². The van der Waals surface area contributed by atoms with E-state index in [1.54, 1.807) is 0 Å². The summed E-state index contributed by atoms with van der Waals surface area (Å²) in [5.41, 5.74) is 6.11. The van der Waals surface area contributed by atoms with E-state index in [0.717, 1.165) is 27.8 Å². The molecule has 140 valence electrons. The molecule has 0 fully saturated rings. The van der Waals surface area contributed by atoms with Crippen molar-refractivity contribution in [2.24, 2.45) is 0 Å². The first-order valence-electron chi connectivity index (χ1n) is 9.06. The van der Waals surface area contributed by atoms with Crippen LogP contribution < -0.4 is 10.6 Å². The van der Waals surface area contributed by atoms with Crippen molar-refractivity contribution >= 4 is 33.8 Å². The fourth-order valence-corrected chi connectivity index (χ4v) is 3.77. The average molecular weight is 380 g/mol. The topological polar surface area (TPSA) is 54.0 Å². The van der Waals surface area contributed by atoms with Crippen molar-refractivity contribution in [1.82, 2.24) is 4.98 Å². The Balaban J connectivity index is 1.77. The molecule has 3 rings (SSSR count). The maximum absolute atomic E-state index is 12.7. The minimum Gasteiger partial charge on any atom is -0.331 e. The van der Waals surface area contributed by atoms with Crippen LogP contribution in [0.4, 0.5) is 16.5 Å². The third-order valence-corrected chi connectivity index (χ3v) is 5.51. The van der Waals surface area contributed by atoms with Gasteiger partial charge in [0.2, 0.25) is 0 Å². The Morgan fingerprint density at radius 1 is 1.07 bits per heavy atom. The fourth-order valence-electron chi connectivity index (χ4n) is 2.89. The van der Waals surface area contributed by atoms with Crippen LogP contribution >= 0.6 is 11.3 Å². The van der Waals surface area contributed by atoms with Gasteiger partial charge in [0.25, 0.3) is 5.91 Å². The molecule has 0 saturated carbocycles. The van der Waals surface area contributed by atoms with Crippen LogP contribution in [0.3, 0.4) is 0 Å². The lowest BCUT2D eigenvalue weighted by molar-refractivity contribution is 0.103. The molecule has 2 aromatic carbocycles. The predicted molar refractivity (Wildman–Crippen MR) is 115 cm³/mol. The van der Waals surface area contributed by atoms with Crippen LogP contribution in [-0.2, 0) is 0 Å². The maximum atomic E-state index is 12.7. The summed E-state index contributed by atoms with van der Waals surface area (Å²) >= 11 is 1.37. The summed E-state index contributed by atoms with van der Waals surface area (Å²) in [7, 11) is 0. The number of rotatable bonds is 5. The van der Waals surface area contributed by atoms with Gasteiger partial charge in [-0.2, -0.15) is 0 Å². The molecule has 0 aliphatic rings. The van der Waals surface area contributed by atoms with Gasteiger partial charge < -0.3 is 10.6 Å². The Bertz CT molecular complexity index is 975. The van der Waals surface area contributed by atoms with Crippen molar-refractivity contribution in [2.45, 2.75) is 40.5 Å². The molecule has 0 bridgehead atoms. The van der Waals surface area contributed by atoms with E-state index in [4.69, 9.17) is 0 Å². The lowest BCUT2D eigenvalue weighted by Crippen LogP contribution is -2.11. The molecule has 0 atom stereocenters. The van der Waals surface area contributed by atoms with E-state index in [9.17, 15) is 4.79 Å². The second kappa shape index (κ2) is 7.92. The molecule has 0 aliphatic heterocycles. The first-order chi connectivity index (χ1) is 12.8. The smallest absolute Gasteiger partial charge is 0.267 e. The Labute approximate surface area is 164 Å². The normalized spacial score (nSPS) is 10.9. The van der Waals surface area contributed by atoms with Gasteiger partial charge in [0.05, 0.1) is 5.69 Å². The van der Waals surface area contributed by atoms with Crippen LogP contribution in [-0.4, -0.2) is 10.9 Å². The highest BCUT2D eigenvalue weighted by Crippen LogP contribution is 2.28. The fraction of sp³-hybridized carbons (Fsp3) is 0.273.